The molecule has 0 bridgehead atoms. The van der Waals surface area contributed by atoms with Crippen molar-refractivity contribution in [3.8, 4) is 51.1 Å². The molecule has 0 saturated heterocycles. The van der Waals surface area contributed by atoms with E-state index in [0.717, 1.165) is 94.2 Å². The molecular formula is C51H37N5. The fraction of sp³-hybridized carbons (Fsp3) is 0.0784. The second-order valence-corrected chi connectivity index (χ2v) is 14.9. The summed E-state index contributed by atoms with van der Waals surface area (Å²) in [6, 6.07) is 56.5. The molecule has 7 aromatic carbocycles. The largest absolute Gasteiger partial charge is 0.308 e. The molecule has 0 N–H and O–H groups in total. The smallest absolute Gasteiger partial charge is 0.159 e. The Bertz CT molecular complexity index is 3060. The van der Waals surface area contributed by atoms with Gasteiger partial charge < -0.3 is 9.13 Å². The van der Waals surface area contributed by atoms with Crippen molar-refractivity contribution in [1.82, 2.24) is 19.1 Å². The van der Waals surface area contributed by atoms with Crippen molar-refractivity contribution in [2.45, 2.75) is 27.7 Å². The van der Waals surface area contributed by atoms with Crippen LogP contribution in [0.15, 0.2) is 152 Å². The normalized spacial score (nSPS) is 11.6. The zero-order chi connectivity index (χ0) is 38.1. The summed E-state index contributed by atoms with van der Waals surface area (Å²) in [5.74, 6) is 0.622. The van der Waals surface area contributed by atoms with Crippen LogP contribution in [-0.4, -0.2) is 19.1 Å². The van der Waals surface area contributed by atoms with E-state index < -0.39 is 0 Å². The predicted octanol–water partition coefficient (Wildman–Crippen LogP) is 12.8. The lowest BCUT2D eigenvalue weighted by atomic mass is 10.0. The van der Waals surface area contributed by atoms with Crippen LogP contribution in [0.1, 0.15) is 28.1 Å². The van der Waals surface area contributed by atoms with Gasteiger partial charge in [0.1, 0.15) is 11.6 Å². The minimum absolute atomic E-state index is 0.561. The fourth-order valence-corrected chi connectivity index (χ4v) is 8.53. The van der Waals surface area contributed by atoms with Gasteiger partial charge in [-0.15, -0.1) is 0 Å². The van der Waals surface area contributed by atoms with Crippen LogP contribution in [0.4, 0.5) is 0 Å². The minimum atomic E-state index is 0.561. The van der Waals surface area contributed by atoms with Crippen LogP contribution >= 0.6 is 0 Å². The number of hydrogen-bond donors (Lipinski definition) is 0. The molecule has 0 aliphatic rings. The number of para-hydroxylation sites is 2. The van der Waals surface area contributed by atoms with Crippen LogP contribution in [0.25, 0.3) is 88.6 Å². The molecular weight excluding hydrogens is 683 g/mol. The first-order valence-corrected chi connectivity index (χ1v) is 19.0. The van der Waals surface area contributed by atoms with Crippen molar-refractivity contribution in [3.05, 3.63) is 180 Å². The molecule has 5 heteroatoms. The molecule has 3 aromatic heterocycles. The number of nitrogens with zero attached hydrogens (tertiary/aromatic N) is 5. The lowest BCUT2D eigenvalue weighted by molar-refractivity contribution is 1.05. The summed E-state index contributed by atoms with van der Waals surface area (Å²) in [5.41, 5.74) is 15.8. The van der Waals surface area contributed by atoms with Crippen molar-refractivity contribution in [2.75, 3.05) is 0 Å². The third-order valence-electron chi connectivity index (χ3n) is 11.0. The summed E-state index contributed by atoms with van der Waals surface area (Å²) in [6.45, 7) is 8.25. The van der Waals surface area contributed by atoms with E-state index in [1.165, 1.54) is 11.1 Å². The van der Waals surface area contributed by atoms with E-state index in [2.05, 4.69) is 175 Å². The average molecular weight is 720 g/mol. The standard InChI is InChI=1S/C51H37N5/c1-31-11-9-13-35(23-31)37-19-21-42-40-15-5-7-17-45(40)55(47(42)26-37)49-28-39(51-53-33(3)25-34(4)54-51)29-50(44(49)30-52)56-46-18-8-6-16-41(46)43-22-20-38(27-48(43)56)36-14-10-12-32(2)24-36/h5-29H,1-4H3. The van der Waals surface area contributed by atoms with Crippen LogP contribution in [0, 0.1) is 39.0 Å². The van der Waals surface area contributed by atoms with E-state index in [1.54, 1.807) is 0 Å². The first-order chi connectivity index (χ1) is 27.3. The lowest BCUT2D eigenvalue weighted by Crippen LogP contribution is -2.06. The fourth-order valence-electron chi connectivity index (χ4n) is 8.53. The number of nitriles is 1. The van der Waals surface area contributed by atoms with Crippen molar-refractivity contribution in [2.24, 2.45) is 0 Å². The highest BCUT2D eigenvalue weighted by atomic mass is 15.0. The van der Waals surface area contributed by atoms with Gasteiger partial charge in [-0.05, 0) is 92.4 Å². The van der Waals surface area contributed by atoms with Gasteiger partial charge >= 0.3 is 0 Å². The minimum Gasteiger partial charge on any atom is -0.308 e. The number of aromatic nitrogens is 4. The maximum atomic E-state index is 11.5. The summed E-state index contributed by atoms with van der Waals surface area (Å²) >= 11 is 0. The summed E-state index contributed by atoms with van der Waals surface area (Å²) in [6.07, 6.45) is 0. The van der Waals surface area contributed by atoms with Gasteiger partial charge in [0.25, 0.3) is 0 Å². The van der Waals surface area contributed by atoms with Crippen LogP contribution in [0.3, 0.4) is 0 Å². The third kappa shape index (κ3) is 5.38. The first-order valence-electron chi connectivity index (χ1n) is 19.0. The lowest BCUT2D eigenvalue weighted by Gasteiger charge is -2.18. The highest BCUT2D eigenvalue weighted by molar-refractivity contribution is 6.12. The van der Waals surface area contributed by atoms with E-state index in [1.807, 2.05) is 19.9 Å². The van der Waals surface area contributed by atoms with Gasteiger partial charge in [-0.25, -0.2) is 9.97 Å². The highest BCUT2D eigenvalue weighted by Crippen LogP contribution is 2.41. The average Bonchev–Trinajstić information content (AvgIpc) is 3.72. The molecule has 3 heterocycles. The Labute approximate surface area is 325 Å². The number of aryl methyl sites for hydroxylation is 4. The van der Waals surface area contributed by atoms with Crippen molar-refractivity contribution < 1.29 is 0 Å². The van der Waals surface area contributed by atoms with Gasteiger partial charge in [-0.3, -0.25) is 0 Å². The Balaban J connectivity index is 1.35. The van der Waals surface area contributed by atoms with Crippen LogP contribution in [0.2, 0.25) is 0 Å². The summed E-state index contributed by atoms with van der Waals surface area (Å²) in [7, 11) is 0. The molecule has 266 valence electrons. The topological polar surface area (TPSA) is 59.4 Å². The van der Waals surface area contributed by atoms with E-state index in [-0.39, 0.29) is 0 Å². The van der Waals surface area contributed by atoms with Gasteiger partial charge in [-0.1, -0.05) is 120 Å². The molecule has 0 aliphatic carbocycles. The quantitative estimate of drug-likeness (QED) is 0.178. The van der Waals surface area contributed by atoms with Gasteiger partial charge in [0.05, 0.1) is 33.4 Å². The molecule has 0 fully saturated rings. The molecule has 56 heavy (non-hydrogen) atoms. The van der Waals surface area contributed by atoms with E-state index in [0.29, 0.717) is 11.4 Å². The number of fused-ring (bicyclic) bond motifs is 6. The molecule has 0 amide bonds. The maximum absolute atomic E-state index is 11.5. The molecule has 0 saturated carbocycles. The molecule has 0 unspecified atom stereocenters. The molecule has 10 aromatic rings. The van der Waals surface area contributed by atoms with E-state index >= 15 is 0 Å². The van der Waals surface area contributed by atoms with Crippen molar-refractivity contribution in [3.63, 3.8) is 0 Å². The molecule has 5 nitrogen and oxygen atoms in total. The van der Waals surface area contributed by atoms with Crippen molar-refractivity contribution in [1.29, 1.82) is 5.26 Å². The van der Waals surface area contributed by atoms with Gasteiger partial charge in [-0.2, -0.15) is 5.26 Å². The summed E-state index contributed by atoms with van der Waals surface area (Å²) in [4.78, 5) is 9.93. The molecule has 0 atom stereocenters. The van der Waals surface area contributed by atoms with E-state index in [9.17, 15) is 5.26 Å². The number of rotatable bonds is 5. The van der Waals surface area contributed by atoms with Crippen LogP contribution in [-0.2, 0) is 0 Å². The SMILES string of the molecule is Cc1cccc(-c2ccc3c4ccccc4n(-c4cc(-c5nc(C)cc(C)n5)cc(-n5c6ccccc6c6ccc(-c7cccc(C)c7)cc65)c4C#N)c3c2)c1. The second-order valence-electron chi connectivity index (χ2n) is 14.9. The molecule has 10 rings (SSSR count). The highest BCUT2D eigenvalue weighted by Gasteiger charge is 2.24. The summed E-state index contributed by atoms with van der Waals surface area (Å²) < 4.78 is 4.54. The first kappa shape index (κ1) is 33.3. The second kappa shape index (κ2) is 12.9. The van der Waals surface area contributed by atoms with Crippen molar-refractivity contribution >= 4 is 43.6 Å². The van der Waals surface area contributed by atoms with Gasteiger partial charge in [0, 0.05) is 38.5 Å². The Morgan fingerprint density at radius 1 is 0.411 bits per heavy atom. The summed E-state index contributed by atoms with van der Waals surface area (Å²) in [5, 5.41) is 15.9. The monoisotopic (exact) mass is 719 g/mol. The number of hydrogen-bond acceptors (Lipinski definition) is 3. The van der Waals surface area contributed by atoms with Crippen LogP contribution in [0.5, 0.6) is 0 Å². The Morgan fingerprint density at radius 2 is 0.857 bits per heavy atom. The molecule has 0 radical (unpaired) electrons. The van der Waals surface area contributed by atoms with Crippen LogP contribution < -0.4 is 0 Å². The number of benzene rings is 7. The maximum Gasteiger partial charge on any atom is 0.159 e. The zero-order valence-corrected chi connectivity index (χ0v) is 31.7. The Kier molecular flexibility index (Phi) is 7.69. The Hall–Kier alpha value is -7.29. The molecule has 0 aliphatic heterocycles. The Morgan fingerprint density at radius 3 is 1.32 bits per heavy atom. The predicted molar refractivity (Wildman–Crippen MR) is 231 cm³/mol. The zero-order valence-electron chi connectivity index (χ0n) is 31.7. The molecule has 0 spiro atoms. The van der Waals surface area contributed by atoms with Gasteiger partial charge in [0.2, 0.25) is 0 Å². The van der Waals surface area contributed by atoms with E-state index in [4.69, 9.17) is 9.97 Å². The van der Waals surface area contributed by atoms with Gasteiger partial charge in [0.15, 0.2) is 5.82 Å². The third-order valence-corrected chi connectivity index (χ3v) is 11.0.